The van der Waals surface area contributed by atoms with Gasteiger partial charge in [-0.2, -0.15) is 0 Å². The van der Waals surface area contributed by atoms with Gasteiger partial charge in [-0.25, -0.2) is 9.18 Å². The van der Waals surface area contributed by atoms with Crippen LogP contribution in [0.5, 0.6) is 0 Å². The second kappa shape index (κ2) is 10.2. The molecule has 0 radical (unpaired) electrons. The molecule has 1 aliphatic rings. The van der Waals surface area contributed by atoms with E-state index in [4.69, 9.17) is 28.3 Å². The van der Waals surface area contributed by atoms with Gasteiger partial charge in [0.1, 0.15) is 5.82 Å². The van der Waals surface area contributed by atoms with E-state index in [2.05, 4.69) is 10.2 Å². The number of hydrogen-bond donors (Lipinski definition) is 2. The van der Waals surface area contributed by atoms with E-state index in [0.717, 1.165) is 44.1 Å². The van der Waals surface area contributed by atoms with Crippen molar-refractivity contribution in [2.45, 2.75) is 38.3 Å². The van der Waals surface area contributed by atoms with Crippen LogP contribution in [-0.4, -0.2) is 41.0 Å². The Morgan fingerprint density at radius 3 is 2.47 bits per heavy atom. The molecule has 0 unspecified atom stereocenters. The molecule has 0 atom stereocenters. The van der Waals surface area contributed by atoms with E-state index in [1.165, 1.54) is 12.1 Å². The number of likely N-dealkylation sites (tertiary alicyclic amines) is 1. The van der Waals surface area contributed by atoms with Crippen LogP contribution in [0.2, 0.25) is 10.0 Å². The monoisotopic (exact) mass is 452 g/mol. The Morgan fingerprint density at radius 2 is 1.83 bits per heavy atom. The van der Waals surface area contributed by atoms with Crippen LogP contribution in [0, 0.1) is 5.82 Å². The average molecular weight is 453 g/mol. The number of carboxylic acids is 1. The molecule has 0 aliphatic carbocycles. The maximum atomic E-state index is 14.0. The van der Waals surface area contributed by atoms with Crippen molar-refractivity contribution < 1.29 is 19.1 Å². The summed E-state index contributed by atoms with van der Waals surface area (Å²) < 4.78 is 14.0. The molecule has 8 heteroatoms. The number of carboxylic acid groups (broad SMARTS) is 1. The first-order valence-electron chi connectivity index (χ1n) is 9.79. The van der Waals surface area contributed by atoms with E-state index in [1.807, 2.05) is 12.1 Å². The number of amides is 1. The van der Waals surface area contributed by atoms with Crippen LogP contribution in [0.3, 0.4) is 0 Å². The normalized spacial score (nSPS) is 15.2. The fraction of sp³-hybridized carbons (Fsp3) is 0.364. The van der Waals surface area contributed by atoms with Crippen molar-refractivity contribution in [3.05, 3.63) is 69.0 Å². The number of piperidine rings is 1. The number of aromatic carboxylic acids is 1. The van der Waals surface area contributed by atoms with Crippen molar-refractivity contribution >= 4 is 35.1 Å². The summed E-state index contributed by atoms with van der Waals surface area (Å²) in [5.41, 5.74) is 1.34. The SMILES string of the molecule is O=C(CCc1ccc(C(=O)O)cc1F)NC1CCN(Cc2ccc(Cl)c(Cl)c2)CC1. The molecule has 160 valence electrons. The van der Waals surface area contributed by atoms with Crippen LogP contribution in [-0.2, 0) is 17.8 Å². The summed E-state index contributed by atoms with van der Waals surface area (Å²) in [5, 5.41) is 13.0. The lowest BCUT2D eigenvalue weighted by Crippen LogP contribution is -2.44. The molecule has 0 bridgehead atoms. The number of benzene rings is 2. The van der Waals surface area contributed by atoms with Gasteiger partial charge in [0.2, 0.25) is 5.91 Å². The lowest BCUT2D eigenvalue weighted by molar-refractivity contribution is -0.122. The van der Waals surface area contributed by atoms with Crippen LogP contribution in [0.1, 0.15) is 40.7 Å². The van der Waals surface area contributed by atoms with Crippen LogP contribution in [0.4, 0.5) is 4.39 Å². The van der Waals surface area contributed by atoms with Gasteiger partial charge in [0.15, 0.2) is 0 Å². The highest BCUT2D eigenvalue weighted by atomic mass is 35.5. The first-order chi connectivity index (χ1) is 14.3. The molecule has 3 rings (SSSR count). The predicted octanol–water partition coefficient (Wildman–Crippen LogP) is 4.54. The summed E-state index contributed by atoms with van der Waals surface area (Å²) in [6, 6.07) is 9.49. The Labute approximate surface area is 184 Å². The first kappa shape index (κ1) is 22.5. The summed E-state index contributed by atoms with van der Waals surface area (Å²) >= 11 is 12.0. The minimum absolute atomic E-state index is 0.0989. The van der Waals surface area contributed by atoms with Crippen LogP contribution in [0.25, 0.3) is 0 Å². The maximum absolute atomic E-state index is 14.0. The number of nitrogens with one attached hydrogen (secondary N) is 1. The van der Waals surface area contributed by atoms with E-state index in [9.17, 15) is 14.0 Å². The number of halogens is 3. The topological polar surface area (TPSA) is 69.6 Å². The van der Waals surface area contributed by atoms with E-state index in [-0.39, 0.29) is 30.4 Å². The number of hydrogen-bond acceptors (Lipinski definition) is 3. The van der Waals surface area contributed by atoms with E-state index in [1.54, 1.807) is 6.07 Å². The summed E-state index contributed by atoms with van der Waals surface area (Å²) in [6.45, 7) is 2.50. The van der Waals surface area contributed by atoms with Crippen molar-refractivity contribution in [1.82, 2.24) is 10.2 Å². The molecule has 2 aromatic carbocycles. The molecule has 0 spiro atoms. The van der Waals surface area contributed by atoms with Gasteiger partial charge in [-0.05, 0) is 54.7 Å². The summed E-state index contributed by atoms with van der Waals surface area (Å²) in [7, 11) is 0. The Morgan fingerprint density at radius 1 is 1.10 bits per heavy atom. The zero-order valence-electron chi connectivity index (χ0n) is 16.3. The molecule has 1 heterocycles. The van der Waals surface area contributed by atoms with E-state index < -0.39 is 11.8 Å². The molecule has 2 N–H and O–H groups in total. The Kier molecular flexibility index (Phi) is 7.69. The average Bonchev–Trinajstić information content (AvgIpc) is 2.71. The minimum atomic E-state index is -1.18. The molecule has 1 fully saturated rings. The quantitative estimate of drug-likeness (QED) is 0.646. The van der Waals surface area contributed by atoms with Gasteiger partial charge in [-0.1, -0.05) is 35.3 Å². The molecular weight excluding hydrogens is 430 g/mol. The largest absolute Gasteiger partial charge is 0.478 e. The van der Waals surface area contributed by atoms with Crippen molar-refractivity contribution in [3.8, 4) is 0 Å². The highest BCUT2D eigenvalue weighted by molar-refractivity contribution is 6.42. The number of aryl methyl sites for hydroxylation is 1. The lowest BCUT2D eigenvalue weighted by Gasteiger charge is -2.32. The number of carbonyl (C=O) groups excluding carboxylic acids is 1. The molecular formula is C22H23Cl2FN2O3. The number of nitrogens with zero attached hydrogens (tertiary/aromatic N) is 1. The zero-order valence-corrected chi connectivity index (χ0v) is 17.8. The smallest absolute Gasteiger partial charge is 0.335 e. The standard InChI is InChI=1S/C22H23Cl2FN2O3/c23-18-5-1-14(11-19(18)24)13-27-9-7-17(8-10-27)26-21(28)6-4-15-2-3-16(22(29)30)12-20(15)25/h1-3,5,11-12,17H,4,6-10,13H2,(H,26,28)(H,29,30). The fourth-order valence-electron chi connectivity index (χ4n) is 3.56. The highest BCUT2D eigenvalue weighted by Gasteiger charge is 2.21. The van der Waals surface area contributed by atoms with Crippen molar-refractivity contribution in [2.24, 2.45) is 0 Å². The van der Waals surface area contributed by atoms with Crippen LogP contribution in [0.15, 0.2) is 36.4 Å². The Balaban J connectivity index is 1.42. The van der Waals surface area contributed by atoms with Gasteiger partial charge in [0, 0.05) is 32.1 Å². The number of rotatable bonds is 7. The fourth-order valence-corrected chi connectivity index (χ4v) is 3.88. The van der Waals surface area contributed by atoms with Gasteiger partial charge in [-0.3, -0.25) is 9.69 Å². The Hall–Kier alpha value is -2.15. The lowest BCUT2D eigenvalue weighted by atomic mass is 10.0. The van der Waals surface area contributed by atoms with Gasteiger partial charge in [0.25, 0.3) is 0 Å². The van der Waals surface area contributed by atoms with Crippen molar-refractivity contribution in [2.75, 3.05) is 13.1 Å². The summed E-state index contributed by atoms with van der Waals surface area (Å²) in [4.78, 5) is 25.4. The van der Waals surface area contributed by atoms with Crippen molar-refractivity contribution in [1.29, 1.82) is 0 Å². The molecule has 0 aromatic heterocycles. The van der Waals surface area contributed by atoms with E-state index in [0.29, 0.717) is 15.6 Å². The molecule has 2 aromatic rings. The molecule has 30 heavy (non-hydrogen) atoms. The predicted molar refractivity (Wildman–Crippen MR) is 115 cm³/mol. The molecule has 1 amide bonds. The van der Waals surface area contributed by atoms with Gasteiger partial charge >= 0.3 is 5.97 Å². The number of carbonyl (C=O) groups is 2. The second-order valence-electron chi connectivity index (χ2n) is 7.48. The maximum Gasteiger partial charge on any atom is 0.335 e. The molecule has 5 nitrogen and oxygen atoms in total. The highest BCUT2D eigenvalue weighted by Crippen LogP contribution is 2.24. The van der Waals surface area contributed by atoms with E-state index >= 15 is 0 Å². The second-order valence-corrected chi connectivity index (χ2v) is 8.29. The summed E-state index contributed by atoms with van der Waals surface area (Å²) in [5.74, 6) is -1.90. The first-order valence-corrected chi connectivity index (χ1v) is 10.5. The van der Waals surface area contributed by atoms with Crippen LogP contribution >= 0.6 is 23.2 Å². The van der Waals surface area contributed by atoms with Crippen LogP contribution < -0.4 is 5.32 Å². The Bertz CT molecular complexity index is 931. The van der Waals surface area contributed by atoms with Crippen molar-refractivity contribution in [3.63, 3.8) is 0 Å². The van der Waals surface area contributed by atoms with Gasteiger partial charge in [0.05, 0.1) is 15.6 Å². The van der Waals surface area contributed by atoms with Gasteiger partial charge < -0.3 is 10.4 Å². The molecule has 1 aliphatic heterocycles. The molecule has 0 saturated carbocycles. The summed E-state index contributed by atoms with van der Waals surface area (Å²) in [6.07, 6.45) is 2.07. The minimum Gasteiger partial charge on any atom is -0.478 e. The third kappa shape index (κ3) is 6.17. The third-order valence-corrected chi connectivity index (χ3v) is 6.00. The molecule has 1 saturated heterocycles. The van der Waals surface area contributed by atoms with Gasteiger partial charge in [-0.15, -0.1) is 0 Å². The third-order valence-electron chi connectivity index (χ3n) is 5.26. The zero-order chi connectivity index (χ0) is 21.7.